The largest absolute Gasteiger partial charge is 0.384 e. The standard InChI is InChI=1S/C19H21NO2/c1-10-6-5-7-14(8-10)18(21)16-9-15-13(4)19(22)20-17(15)12(3)11(16)2/h5-9,13,18,21H,1-4H3,(H,20,22). The normalized spacial score (nSPS) is 18.0. The number of carbonyl (C=O) groups excluding carboxylic acids is 1. The van der Waals surface area contributed by atoms with Crippen LogP contribution in [0, 0.1) is 20.8 Å². The molecule has 2 aromatic rings. The molecule has 0 radical (unpaired) electrons. The Kier molecular flexibility index (Phi) is 3.53. The van der Waals surface area contributed by atoms with Gasteiger partial charge >= 0.3 is 0 Å². The number of anilines is 1. The third-order valence-corrected chi connectivity index (χ3v) is 4.73. The van der Waals surface area contributed by atoms with Gasteiger partial charge in [-0.3, -0.25) is 4.79 Å². The summed E-state index contributed by atoms with van der Waals surface area (Å²) in [5, 5.41) is 13.8. The second-order valence-electron chi connectivity index (χ2n) is 6.21. The SMILES string of the molecule is Cc1cccc(C(O)c2cc3c(c(C)c2C)NC(=O)C3C)c1. The van der Waals surface area contributed by atoms with Crippen molar-refractivity contribution in [2.24, 2.45) is 0 Å². The lowest BCUT2D eigenvalue weighted by Crippen LogP contribution is -2.08. The number of aliphatic hydroxyl groups is 1. The first-order valence-electron chi connectivity index (χ1n) is 7.59. The van der Waals surface area contributed by atoms with Crippen LogP contribution in [0.2, 0.25) is 0 Å². The van der Waals surface area contributed by atoms with Crippen molar-refractivity contribution in [3.05, 3.63) is 63.7 Å². The van der Waals surface area contributed by atoms with E-state index in [9.17, 15) is 9.90 Å². The van der Waals surface area contributed by atoms with Gasteiger partial charge in [-0.15, -0.1) is 0 Å². The maximum Gasteiger partial charge on any atom is 0.231 e. The summed E-state index contributed by atoms with van der Waals surface area (Å²) in [7, 11) is 0. The summed E-state index contributed by atoms with van der Waals surface area (Å²) in [4.78, 5) is 11.9. The zero-order chi connectivity index (χ0) is 16.0. The lowest BCUT2D eigenvalue weighted by Gasteiger charge is -2.19. The van der Waals surface area contributed by atoms with Crippen LogP contribution in [0.1, 0.15) is 52.3 Å². The van der Waals surface area contributed by atoms with Crippen molar-refractivity contribution in [1.82, 2.24) is 0 Å². The highest BCUT2D eigenvalue weighted by Gasteiger charge is 2.30. The van der Waals surface area contributed by atoms with E-state index < -0.39 is 6.10 Å². The number of hydrogen-bond acceptors (Lipinski definition) is 2. The molecule has 0 saturated heterocycles. The Hall–Kier alpha value is -2.13. The Morgan fingerprint density at radius 1 is 1.14 bits per heavy atom. The van der Waals surface area contributed by atoms with Crippen LogP contribution in [0.4, 0.5) is 5.69 Å². The molecular weight excluding hydrogens is 274 g/mol. The molecule has 0 bridgehead atoms. The molecule has 0 spiro atoms. The molecule has 2 unspecified atom stereocenters. The van der Waals surface area contributed by atoms with Crippen LogP contribution in [0.5, 0.6) is 0 Å². The Morgan fingerprint density at radius 3 is 2.55 bits per heavy atom. The number of benzene rings is 2. The quantitative estimate of drug-likeness (QED) is 0.886. The van der Waals surface area contributed by atoms with Gasteiger partial charge in [-0.05, 0) is 61.6 Å². The summed E-state index contributed by atoms with van der Waals surface area (Å²) < 4.78 is 0. The first-order chi connectivity index (χ1) is 10.4. The van der Waals surface area contributed by atoms with Gasteiger partial charge in [-0.1, -0.05) is 29.8 Å². The van der Waals surface area contributed by atoms with Gasteiger partial charge < -0.3 is 10.4 Å². The van der Waals surface area contributed by atoms with Gasteiger partial charge in [0.1, 0.15) is 6.10 Å². The molecule has 22 heavy (non-hydrogen) atoms. The van der Waals surface area contributed by atoms with Crippen molar-refractivity contribution >= 4 is 11.6 Å². The van der Waals surface area contributed by atoms with Crippen molar-refractivity contribution in [3.63, 3.8) is 0 Å². The Bertz CT molecular complexity index is 764. The molecule has 114 valence electrons. The van der Waals surface area contributed by atoms with Crippen LogP contribution in [-0.2, 0) is 4.79 Å². The Morgan fingerprint density at radius 2 is 1.86 bits per heavy atom. The van der Waals surface area contributed by atoms with Crippen molar-refractivity contribution in [3.8, 4) is 0 Å². The zero-order valence-electron chi connectivity index (χ0n) is 13.4. The average Bonchev–Trinajstić information content (AvgIpc) is 2.78. The highest BCUT2D eigenvalue weighted by atomic mass is 16.3. The lowest BCUT2D eigenvalue weighted by molar-refractivity contribution is -0.116. The van der Waals surface area contributed by atoms with Crippen molar-refractivity contribution in [2.75, 3.05) is 5.32 Å². The van der Waals surface area contributed by atoms with Gasteiger partial charge in [0, 0.05) is 5.69 Å². The molecule has 2 atom stereocenters. The minimum Gasteiger partial charge on any atom is -0.384 e. The number of aryl methyl sites for hydroxylation is 1. The summed E-state index contributed by atoms with van der Waals surface area (Å²) in [6.07, 6.45) is -0.674. The molecule has 0 aliphatic carbocycles. The van der Waals surface area contributed by atoms with Crippen LogP contribution >= 0.6 is 0 Å². The maximum atomic E-state index is 11.9. The molecule has 1 aliphatic heterocycles. The molecule has 3 rings (SSSR count). The number of aliphatic hydroxyl groups excluding tert-OH is 1. The third kappa shape index (κ3) is 2.22. The smallest absolute Gasteiger partial charge is 0.231 e. The number of carbonyl (C=O) groups is 1. The first kappa shape index (κ1) is 14.8. The van der Waals surface area contributed by atoms with Crippen LogP contribution in [-0.4, -0.2) is 11.0 Å². The summed E-state index contributed by atoms with van der Waals surface area (Å²) in [5.74, 6) is -0.141. The van der Waals surface area contributed by atoms with Crippen LogP contribution < -0.4 is 5.32 Å². The number of hydrogen-bond donors (Lipinski definition) is 2. The lowest BCUT2D eigenvalue weighted by atomic mass is 9.89. The Labute approximate surface area is 131 Å². The number of nitrogens with one attached hydrogen (secondary N) is 1. The number of amides is 1. The molecule has 0 fully saturated rings. The number of fused-ring (bicyclic) bond motifs is 1. The first-order valence-corrected chi connectivity index (χ1v) is 7.59. The van der Waals surface area contributed by atoms with Crippen molar-refractivity contribution < 1.29 is 9.90 Å². The van der Waals surface area contributed by atoms with E-state index in [-0.39, 0.29) is 11.8 Å². The van der Waals surface area contributed by atoms with E-state index in [2.05, 4.69) is 5.32 Å². The van der Waals surface area contributed by atoms with Gasteiger partial charge in [0.2, 0.25) is 5.91 Å². The van der Waals surface area contributed by atoms with E-state index in [0.717, 1.165) is 39.1 Å². The topological polar surface area (TPSA) is 49.3 Å². The Balaban J connectivity index is 2.13. The van der Waals surface area contributed by atoms with Gasteiger partial charge in [0.05, 0.1) is 5.92 Å². The van der Waals surface area contributed by atoms with Gasteiger partial charge in [-0.25, -0.2) is 0 Å². The van der Waals surface area contributed by atoms with Gasteiger partial charge in [0.25, 0.3) is 0 Å². The minimum absolute atomic E-state index is 0.0275. The fourth-order valence-electron chi connectivity index (χ4n) is 3.15. The van der Waals surface area contributed by atoms with Gasteiger partial charge in [-0.2, -0.15) is 0 Å². The van der Waals surface area contributed by atoms with E-state index in [4.69, 9.17) is 0 Å². The van der Waals surface area contributed by atoms with E-state index in [1.54, 1.807) is 0 Å². The zero-order valence-corrected chi connectivity index (χ0v) is 13.4. The molecule has 0 aromatic heterocycles. The predicted octanol–water partition coefficient (Wildman–Crippen LogP) is 3.75. The molecule has 1 heterocycles. The predicted molar refractivity (Wildman–Crippen MR) is 88.2 cm³/mol. The summed E-state index contributed by atoms with van der Waals surface area (Å²) in [5.41, 5.74) is 6.85. The highest BCUT2D eigenvalue weighted by Crippen LogP contribution is 2.40. The van der Waals surface area contributed by atoms with Gasteiger partial charge in [0.15, 0.2) is 0 Å². The molecule has 2 N–H and O–H groups in total. The maximum absolute atomic E-state index is 11.9. The van der Waals surface area contributed by atoms with Crippen LogP contribution in [0.25, 0.3) is 0 Å². The summed E-state index contributed by atoms with van der Waals surface area (Å²) >= 11 is 0. The van der Waals surface area contributed by atoms with Crippen molar-refractivity contribution in [2.45, 2.75) is 39.7 Å². The fraction of sp³-hybridized carbons (Fsp3) is 0.316. The molecule has 1 amide bonds. The summed E-state index contributed by atoms with van der Waals surface area (Å²) in [6, 6.07) is 9.89. The highest BCUT2D eigenvalue weighted by molar-refractivity contribution is 6.03. The van der Waals surface area contributed by atoms with E-state index in [1.165, 1.54) is 0 Å². The number of rotatable bonds is 2. The third-order valence-electron chi connectivity index (χ3n) is 4.73. The fourth-order valence-corrected chi connectivity index (χ4v) is 3.15. The minimum atomic E-state index is -0.674. The van der Waals surface area contributed by atoms with E-state index in [1.807, 2.05) is 58.0 Å². The second kappa shape index (κ2) is 5.25. The molecule has 0 saturated carbocycles. The summed E-state index contributed by atoms with van der Waals surface area (Å²) in [6.45, 7) is 7.92. The van der Waals surface area contributed by atoms with Crippen molar-refractivity contribution in [1.29, 1.82) is 0 Å². The second-order valence-corrected chi connectivity index (χ2v) is 6.21. The molecular formula is C19H21NO2. The molecule has 2 aromatic carbocycles. The van der Waals surface area contributed by atoms with Crippen LogP contribution in [0.3, 0.4) is 0 Å². The molecule has 3 nitrogen and oxygen atoms in total. The molecule has 1 aliphatic rings. The van der Waals surface area contributed by atoms with Crippen LogP contribution in [0.15, 0.2) is 30.3 Å². The monoisotopic (exact) mass is 295 g/mol. The van der Waals surface area contributed by atoms with E-state index >= 15 is 0 Å². The van der Waals surface area contributed by atoms with E-state index in [0.29, 0.717) is 0 Å². The molecule has 3 heteroatoms. The average molecular weight is 295 g/mol.